The first kappa shape index (κ1) is 10.8. The number of benzene rings is 1. The third-order valence-electron chi connectivity index (χ3n) is 2.56. The SMILES string of the molecule is CC(O)c1ccc(Cc2ccccc2)nc1. The Bertz CT molecular complexity index is 434. The van der Waals surface area contributed by atoms with Crippen LogP contribution in [0.25, 0.3) is 0 Å². The van der Waals surface area contributed by atoms with Crippen molar-refractivity contribution in [2.24, 2.45) is 0 Å². The zero-order chi connectivity index (χ0) is 11.4. The lowest BCUT2D eigenvalue weighted by atomic mass is 10.1. The molecule has 0 aliphatic carbocycles. The molecule has 0 amide bonds. The number of nitrogens with zero attached hydrogens (tertiary/aromatic N) is 1. The van der Waals surface area contributed by atoms with Gasteiger partial charge in [0.25, 0.3) is 0 Å². The van der Waals surface area contributed by atoms with Crippen molar-refractivity contribution in [3.05, 3.63) is 65.5 Å². The molecule has 1 N–H and O–H groups in total. The van der Waals surface area contributed by atoms with Gasteiger partial charge >= 0.3 is 0 Å². The quantitative estimate of drug-likeness (QED) is 0.850. The Hall–Kier alpha value is -1.67. The van der Waals surface area contributed by atoms with Crippen LogP contribution in [0.1, 0.15) is 29.8 Å². The normalized spacial score (nSPS) is 12.4. The van der Waals surface area contributed by atoms with E-state index in [9.17, 15) is 5.11 Å². The molecular formula is C14H15NO. The fraction of sp³-hybridized carbons (Fsp3) is 0.214. The smallest absolute Gasteiger partial charge is 0.0776 e. The van der Waals surface area contributed by atoms with E-state index in [1.807, 2.05) is 30.3 Å². The van der Waals surface area contributed by atoms with Crippen LogP contribution in [0.5, 0.6) is 0 Å². The van der Waals surface area contributed by atoms with Crippen LogP contribution in [0.2, 0.25) is 0 Å². The molecular weight excluding hydrogens is 198 g/mol. The second-order valence-corrected chi connectivity index (χ2v) is 3.92. The van der Waals surface area contributed by atoms with Gasteiger partial charge in [0.1, 0.15) is 0 Å². The van der Waals surface area contributed by atoms with Crippen molar-refractivity contribution in [2.45, 2.75) is 19.4 Å². The first-order valence-electron chi connectivity index (χ1n) is 5.42. The lowest BCUT2D eigenvalue weighted by Crippen LogP contribution is -1.96. The molecule has 1 aromatic heterocycles. The van der Waals surface area contributed by atoms with Crippen molar-refractivity contribution in [3.8, 4) is 0 Å². The molecule has 2 rings (SSSR count). The van der Waals surface area contributed by atoms with E-state index < -0.39 is 6.10 Å². The Kier molecular flexibility index (Phi) is 3.32. The Labute approximate surface area is 95.6 Å². The lowest BCUT2D eigenvalue weighted by molar-refractivity contribution is 0.199. The van der Waals surface area contributed by atoms with Gasteiger partial charge in [0.05, 0.1) is 6.10 Å². The standard InChI is InChI=1S/C14H15NO/c1-11(16)13-7-8-14(15-10-13)9-12-5-3-2-4-6-12/h2-8,10-11,16H,9H2,1H3. The molecule has 16 heavy (non-hydrogen) atoms. The lowest BCUT2D eigenvalue weighted by Gasteiger charge is -2.05. The van der Waals surface area contributed by atoms with E-state index in [-0.39, 0.29) is 0 Å². The molecule has 0 bridgehead atoms. The minimum atomic E-state index is -0.446. The highest BCUT2D eigenvalue weighted by molar-refractivity contribution is 5.23. The summed E-state index contributed by atoms with van der Waals surface area (Å²) in [5, 5.41) is 9.36. The van der Waals surface area contributed by atoms with Crippen LogP contribution in [0.3, 0.4) is 0 Å². The summed E-state index contributed by atoms with van der Waals surface area (Å²) >= 11 is 0. The summed E-state index contributed by atoms with van der Waals surface area (Å²) in [6.07, 6.45) is 2.13. The fourth-order valence-electron chi connectivity index (χ4n) is 1.59. The molecule has 0 saturated carbocycles. The van der Waals surface area contributed by atoms with Crippen LogP contribution in [-0.2, 0) is 6.42 Å². The van der Waals surface area contributed by atoms with Gasteiger partial charge in [0.2, 0.25) is 0 Å². The van der Waals surface area contributed by atoms with Crippen molar-refractivity contribution in [3.63, 3.8) is 0 Å². The van der Waals surface area contributed by atoms with E-state index in [0.29, 0.717) is 0 Å². The summed E-state index contributed by atoms with van der Waals surface area (Å²) in [4.78, 5) is 4.34. The number of aliphatic hydroxyl groups is 1. The van der Waals surface area contributed by atoms with Gasteiger partial charge in [-0.3, -0.25) is 4.98 Å². The summed E-state index contributed by atoms with van der Waals surface area (Å²) in [5.74, 6) is 0. The zero-order valence-electron chi connectivity index (χ0n) is 9.30. The van der Waals surface area contributed by atoms with Gasteiger partial charge in [0.15, 0.2) is 0 Å². The van der Waals surface area contributed by atoms with Crippen molar-refractivity contribution in [1.82, 2.24) is 4.98 Å². The number of aromatic nitrogens is 1. The Morgan fingerprint density at radius 1 is 1.12 bits per heavy atom. The van der Waals surface area contributed by atoms with Crippen molar-refractivity contribution < 1.29 is 5.11 Å². The minimum Gasteiger partial charge on any atom is -0.389 e. The van der Waals surface area contributed by atoms with Crippen molar-refractivity contribution >= 4 is 0 Å². The third-order valence-corrected chi connectivity index (χ3v) is 2.56. The summed E-state index contributed by atoms with van der Waals surface area (Å²) in [6.45, 7) is 1.74. The number of pyridine rings is 1. The minimum absolute atomic E-state index is 0.446. The molecule has 1 atom stereocenters. The molecule has 2 nitrogen and oxygen atoms in total. The third kappa shape index (κ3) is 2.67. The number of aliphatic hydroxyl groups excluding tert-OH is 1. The average molecular weight is 213 g/mol. The Morgan fingerprint density at radius 2 is 1.88 bits per heavy atom. The second-order valence-electron chi connectivity index (χ2n) is 3.92. The second kappa shape index (κ2) is 4.90. The molecule has 0 radical (unpaired) electrons. The molecule has 0 aliphatic heterocycles. The molecule has 1 heterocycles. The molecule has 2 aromatic rings. The van der Waals surface area contributed by atoms with Crippen molar-refractivity contribution in [2.75, 3.05) is 0 Å². The molecule has 0 saturated heterocycles. The predicted molar refractivity (Wildman–Crippen MR) is 64.1 cm³/mol. The summed E-state index contributed by atoms with van der Waals surface area (Å²) < 4.78 is 0. The van der Waals surface area contributed by atoms with Gasteiger partial charge in [0, 0.05) is 18.3 Å². The Morgan fingerprint density at radius 3 is 2.44 bits per heavy atom. The van der Waals surface area contributed by atoms with Crippen LogP contribution in [0.15, 0.2) is 48.7 Å². The van der Waals surface area contributed by atoms with Crippen LogP contribution in [0.4, 0.5) is 0 Å². The Balaban J connectivity index is 2.11. The van der Waals surface area contributed by atoms with Gasteiger partial charge < -0.3 is 5.11 Å². The maximum atomic E-state index is 9.36. The van der Waals surface area contributed by atoms with Gasteiger partial charge in [-0.2, -0.15) is 0 Å². The molecule has 0 fully saturated rings. The maximum absolute atomic E-state index is 9.36. The number of hydrogen-bond acceptors (Lipinski definition) is 2. The van der Waals surface area contributed by atoms with E-state index in [4.69, 9.17) is 0 Å². The molecule has 82 valence electrons. The molecule has 0 spiro atoms. The highest BCUT2D eigenvalue weighted by Gasteiger charge is 2.01. The predicted octanol–water partition coefficient (Wildman–Crippen LogP) is 2.73. The largest absolute Gasteiger partial charge is 0.389 e. The summed E-state index contributed by atoms with van der Waals surface area (Å²) in [7, 11) is 0. The van der Waals surface area contributed by atoms with Crippen molar-refractivity contribution in [1.29, 1.82) is 0 Å². The van der Waals surface area contributed by atoms with Gasteiger partial charge in [-0.25, -0.2) is 0 Å². The average Bonchev–Trinajstić information content (AvgIpc) is 2.31. The molecule has 1 aromatic carbocycles. The molecule has 0 aliphatic rings. The molecule has 1 unspecified atom stereocenters. The van der Waals surface area contributed by atoms with Crippen LogP contribution in [0, 0.1) is 0 Å². The molecule has 2 heteroatoms. The monoisotopic (exact) mass is 213 g/mol. The highest BCUT2D eigenvalue weighted by atomic mass is 16.3. The van der Waals surface area contributed by atoms with E-state index in [2.05, 4.69) is 17.1 Å². The van der Waals surface area contributed by atoms with Gasteiger partial charge in [-0.05, 0) is 24.1 Å². The van der Waals surface area contributed by atoms with Gasteiger partial charge in [-0.15, -0.1) is 0 Å². The van der Waals surface area contributed by atoms with E-state index >= 15 is 0 Å². The fourth-order valence-corrected chi connectivity index (χ4v) is 1.59. The van der Waals surface area contributed by atoms with Gasteiger partial charge in [-0.1, -0.05) is 36.4 Å². The van der Waals surface area contributed by atoms with Crippen LogP contribution < -0.4 is 0 Å². The van der Waals surface area contributed by atoms with Crippen LogP contribution in [-0.4, -0.2) is 10.1 Å². The van der Waals surface area contributed by atoms with Crippen LogP contribution >= 0.6 is 0 Å². The number of hydrogen-bond donors (Lipinski definition) is 1. The first-order chi connectivity index (χ1) is 7.75. The summed E-state index contributed by atoms with van der Waals surface area (Å²) in [5.41, 5.74) is 3.13. The zero-order valence-corrected chi connectivity index (χ0v) is 9.30. The topological polar surface area (TPSA) is 33.1 Å². The number of rotatable bonds is 3. The van der Waals surface area contributed by atoms with E-state index in [1.165, 1.54) is 5.56 Å². The van der Waals surface area contributed by atoms with E-state index in [1.54, 1.807) is 13.1 Å². The summed E-state index contributed by atoms with van der Waals surface area (Å²) in [6, 6.07) is 14.1. The van der Waals surface area contributed by atoms with E-state index in [0.717, 1.165) is 17.7 Å². The highest BCUT2D eigenvalue weighted by Crippen LogP contribution is 2.12. The first-order valence-corrected chi connectivity index (χ1v) is 5.42. The maximum Gasteiger partial charge on any atom is 0.0776 e.